The van der Waals surface area contributed by atoms with Crippen LogP contribution in [0.5, 0.6) is 0 Å². The molecule has 2 amide bonds. The normalized spacial score (nSPS) is 17.9. The number of aliphatic carboxylic acids is 2. The first kappa shape index (κ1) is 16.3. The molecule has 1 fully saturated rings. The van der Waals surface area contributed by atoms with Gasteiger partial charge in [-0.25, -0.2) is 9.59 Å². The van der Waals surface area contributed by atoms with Gasteiger partial charge in [-0.05, 0) is 12.8 Å². The number of amides is 2. The van der Waals surface area contributed by atoms with Crippen LogP contribution in [0.2, 0.25) is 0 Å². The van der Waals surface area contributed by atoms with Crippen LogP contribution >= 0.6 is 0 Å². The van der Waals surface area contributed by atoms with Crippen molar-refractivity contribution in [2.24, 2.45) is 0 Å². The number of nitrogens with zero attached hydrogens (tertiary/aromatic N) is 1. The number of rotatable bonds is 5. The van der Waals surface area contributed by atoms with E-state index in [4.69, 9.17) is 10.2 Å². The van der Waals surface area contributed by atoms with E-state index in [0.29, 0.717) is 0 Å². The first-order chi connectivity index (χ1) is 9.41. The van der Waals surface area contributed by atoms with E-state index in [2.05, 4.69) is 5.32 Å². The third-order valence-electron chi connectivity index (χ3n) is 3.67. The number of carbonyl (C=O) groups is 3. The average Bonchev–Trinajstić information content (AvgIpc) is 2.65. The standard InChI is InChI=1S/C13H22N2O5/c1-15(9-6-4-2-3-5-7-9)13(20)14-10(12(18)19)8-11(16)17/h9-10H,2-8H2,1H3,(H,14,20)(H,16,17)(H,18,19). The molecule has 20 heavy (non-hydrogen) atoms. The van der Waals surface area contributed by atoms with Gasteiger partial charge >= 0.3 is 18.0 Å². The number of carboxylic acids is 2. The topological polar surface area (TPSA) is 107 Å². The Kier molecular flexibility index (Phi) is 6.27. The molecule has 0 aromatic carbocycles. The van der Waals surface area contributed by atoms with Gasteiger partial charge in [0.2, 0.25) is 0 Å². The van der Waals surface area contributed by atoms with Gasteiger partial charge in [0.1, 0.15) is 6.04 Å². The molecule has 7 heteroatoms. The zero-order valence-electron chi connectivity index (χ0n) is 11.7. The Hall–Kier alpha value is -1.79. The highest BCUT2D eigenvalue weighted by atomic mass is 16.4. The molecule has 0 bridgehead atoms. The zero-order valence-corrected chi connectivity index (χ0v) is 11.7. The van der Waals surface area contributed by atoms with E-state index in [1.807, 2.05) is 0 Å². The number of hydrogen-bond donors (Lipinski definition) is 3. The van der Waals surface area contributed by atoms with Crippen LogP contribution in [-0.2, 0) is 9.59 Å². The Morgan fingerprint density at radius 1 is 1.15 bits per heavy atom. The minimum Gasteiger partial charge on any atom is -0.481 e. The quantitative estimate of drug-likeness (QED) is 0.660. The molecule has 1 saturated carbocycles. The van der Waals surface area contributed by atoms with Crippen LogP contribution in [0.4, 0.5) is 4.79 Å². The van der Waals surface area contributed by atoms with Gasteiger partial charge in [0.25, 0.3) is 0 Å². The van der Waals surface area contributed by atoms with Crippen LogP contribution < -0.4 is 5.32 Å². The molecule has 0 heterocycles. The van der Waals surface area contributed by atoms with Crippen LogP contribution in [0.15, 0.2) is 0 Å². The second kappa shape index (κ2) is 7.72. The lowest BCUT2D eigenvalue weighted by Gasteiger charge is -2.28. The Balaban J connectivity index is 2.57. The molecule has 0 radical (unpaired) electrons. The van der Waals surface area contributed by atoms with Gasteiger partial charge in [-0.1, -0.05) is 25.7 Å². The molecule has 1 aliphatic rings. The molecule has 1 unspecified atom stereocenters. The van der Waals surface area contributed by atoms with E-state index in [1.165, 1.54) is 4.90 Å². The summed E-state index contributed by atoms with van der Waals surface area (Å²) in [6, 6.07) is -1.82. The predicted molar refractivity (Wildman–Crippen MR) is 71.5 cm³/mol. The summed E-state index contributed by atoms with van der Waals surface area (Å²) in [5, 5.41) is 19.8. The number of carboxylic acid groups (broad SMARTS) is 2. The summed E-state index contributed by atoms with van der Waals surface area (Å²) < 4.78 is 0. The van der Waals surface area contributed by atoms with Crippen molar-refractivity contribution in [2.45, 2.75) is 57.0 Å². The fourth-order valence-corrected chi connectivity index (χ4v) is 2.44. The second-order valence-corrected chi connectivity index (χ2v) is 5.19. The van der Waals surface area contributed by atoms with Gasteiger partial charge in [-0.2, -0.15) is 0 Å². The van der Waals surface area contributed by atoms with Crippen LogP contribution in [0.25, 0.3) is 0 Å². The van der Waals surface area contributed by atoms with Crippen molar-refractivity contribution in [3.8, 4) is 0 Å². The van der Waals surface area contributed by atoms with E-state index in [9.17, 15) is 14.4 Å². The molecule has 0 aromatic heterocycles. The molecule has 3 N–H and O–H groups in total. The molecule has 7 nitrogen and oxygen atoms in total. The summed E-state index contributed by atoms with van der Waals surface area (Å²) in [4.78, 5) is 35.0. The van der Waals surface area contributed by atoms with Crippen LogP contribution in [-0.4, -0.2) is 52.2 Å². The Bertz CT molecular complexity index is 364. The van der Waals surface area contributed by atoms with E-state index in [1.54, 1.807) is 7.05 Å². The molecule has 1 atom stereocenters. The molecular weight excluding hydrogens is 264 g/mol. The zero-order chi connectivity index (χ0) is 15.1. The number of carbonyl (C=O) groups excluding carboxylic acids is 1. The average molecular weight is 286 g/mol. The van der Waals surface area contributed by atoms with Gasteiger partial charge in [0.05, 0.1) is 6.42 Å². The van der Waals surface area contributed by atoms with Gasteiger partial charge < -0.3 is 20.4 Å². The summed E-state index contributed by atoms with van der Waals surface area (Å²) in [5.41, 5.74) is 0. The van der Waals surface area contributed by atoms with Gasteiger partial charge in [0.15, 0.2) is 0 Å². The third kappa shape index (κ3) is 5.07. The van der Waals surface area contributed by atoms with Crippen molar-refractivity contribution in [2.75, 3.05) is 7.05 Å². The highest BCUT2D eigenvalue weighted by Crippen LogP contribution is 2.21. The van der Waals surface area contributed by atoms with Crippen molar-refractivity contribution < 1.29 is 24.6 Å². The molecule has 0 aromatic rings. The summed E-state index contributed by atoms with van der Waals surface area (Å²) in [6.07, 6.45) is 5.60. The maximum absolute atomic E-state index is 12.0. The first-order valence-electron chi connectivity index (χ1n) is 6.89. The number of urea groups is 1. The molecule has 1 rings (SSSR count). The highest BCUT2D eigenvalue weighted by Gasteiger charge is 2.27. The molecule has 0 aliphatic heterocycles. The Morgan fingerprint density at radius 2 is 1.70 bits per heavy atom. The van der Waals surface area contributed by atoms with E-state index < -0.39 is 30.4 Å². The van der Waals surface area contributed by atoms with E-state index in [-0.39, 0.29) is 6.04 Å². The van der Waals surface area contributed by atoms with Crippen LogP contribution in [0.3, 0.4) is 0 Å². The minimum absolute atomic E-state index is 0.0942. The van der Waals surface area contributed by atoms with Gasteiger partial charge in [-0.3, -0.25) is 4.79 Å². The van der Waals surface area contributed by atoms with Crippen molar-refractivity contribution >= 4 is 18.0 Å². The van der Waals surface area contributed by atoms with Crippen molar-refractivity contribution in [3.05, 3.63) is 0 Å². The Labute approximate surface area is 117 Å². The summed E-state index contributed by atoms with van der Waals surface area (Å²) in [7, 11) is 1.63. The lowest BCUT2D eigenvalue weighted by molar-refractivity contribution is -0.145. The maximum atomic E-state index is 12.0. The number of nitrogens with one attached hydrogen (secondary N) is 1. The van der Waals surface area contributed by atoms with E-state index >= 15 is 0 Å². The summed E-state index contributed by atoms with van der Waals surface area (Å²) in [5.74, 6) is -2.59. The highest BCUT2D eigenvalue weighted by molar-refractivity contribution is 5.86. The number of hydrogen-bond acceptors (Lipinski definition) is 3. The Morgan fingerprint density at radius 3 is 2.15 bits per heavy atom. The maximum Gasteiger partial charge on any atom is 0.326 e. The lowest BCUT2D eigenvalue weighted by atomic mass is 10.1. The second-order valence-electron chi connectivity index (χ2n) is 5.19. The summed E-state index contributed by atoms with van der Waals surface area (Å²) in [6.45, 7) is 0. The van der Waals surface area contributed by atoms with E-state index in [0.717, 1.165) is 38.5 Å². The van der Waals surface area contributed by atoms with Crippen molar-refractivity contribution in [1.82, 2.24) is 10.2 Å². The molecular formula is C13H22N2O5. The van der Waals surface area contributed by atoms with Gasteiger partial charge in [-0.15, -0.1) is 0 Å². The fourth-order valence-electron chi connectivity index (χ4n) is 2.44. The van der Waals surface area contributed by atoms with Crippen molar-refractivity contribution in [3.63, 3.8) is 0 Å². The van der Waals surface area contributed by atoms with Crippen molar-refractivity contribution in [1.29, 1.82) is 0 Å². The largest absolute Gasteiger partial charge is 0.481 e. The minimum atomic E-state index is -1.40. The lowest BCUT2D eigenvalue weighted by Crippen LogP contribution is -2.50. The molecule has 114 valence electrons. The molecule has 0 spiro atoms. The summed E-state index contributed by atoms with van der Waals surface area (Å²) >= 11 is 0. The molecule has 1 aliphatic carbocycles. The van der Waals surface area contributed by atoms with Crippen LogP contribution in [0.1, 0.15) is 44.9 Å². The first-order valence-corrected chi connectivity index (χ1v) is 6.89. The smallest absolute Gasteiger partial charge is 0.326 e. The van der Waals surface area contributed by atoms with Crippen LogP contribution in [0, 0.1) is 0 Å². The fraction of sp³-hybridized carbons (Fsp3) is 0.769. The third-order valence-corrected chi connectivity index (χ3v) is 3.67. The monoisotopic (exact) mass is 286 g/mol. The SMILES string of the molecule is CN(C(=O)NC(CC(=O)O)C(=O)O)C1CCCCCC1. The molecule has 0 saturated heterocycles. The van der Waals surface area contributed by atoms with Gasteiger partial charge in [0, 0.05) is 13.1 Å². The predicted octanol–water partition coefficient (Wildman–Crippen LogP) is 1.28.